The molecule has 1 unspecified atom stereocenters. The number of pyridine rings is 1. The van der Waals surface area contributed by atoms with E-state index >= 15 is 0 Å². The number of alkyl halides is 3. The van der Waals surface area contributed by atoms with E-state index in [0.717, 1.165) is 54.7 Å². The van der Waals surface area contributed by atoms with Crippen LogP contribution in [0.4, 0.5) is 24.5 Å². The first-order valence-corrected chi connectivity index (χ1v) is 12.8. The van der Waals surface area contributed by atoms with Gasteiger partial charge in [-0.05, 0) is 54.9 Å². The Morgan fingerprint density at radius 1 is 1.11 bits per heavy atom. The number of fused-ring (bicyclic) bond motifs is 2. The summed E-state index contributed by atoms with van der Waals surface area (Å²) in [6.07, 6.45) is 5.72. The van der Waals surface area contributed by atoms with Gasteiger partial charge in [-0.2, -0.15) is 13.2 Å². The van der Waals surface area contributed by atoms with Gasteiger partial charge in [0.1, 0.15) is 5.75 Å². The lowest BCUT2D eigenvalue weighted by atomic mass is 9.73. The van der Waals surface area contributed by atoms with Gasteiger partial charge in [-0.1, -0.05) is 26.0 Å². The van der Waals surface area contributed by atoms with E-state index in [1.807, 2.05) is 12.1 Å². The second kappa shape index (κ2) is 9.29. The molecule has 1 aromatic heterocycles. The Balaban J connectivity index is 1.49. The third kappa shape index (κ3) is 4.67. The zero-order valence-corrected chi connectivity index (χ0v) is 20.9. The average molecular weight is 502 g/mol. The molecule has 8 heteroatoms. The molecule has 3 aliphatic rings. The van der Waals surface area contributed by atoms with Crippen LogP contribution in [0.3, 0.4) is 0 Å². The van der Waals surface area contributed by atoms with E-state index in [0.29, 0.717) is 24.6 Å². The van der Waals surface area contributed by atoms with Crippen molar-refractivity contribution < 1.29 is 23.0 Å². The number of aromatic nitrogens is 1. The summed E-state index contributed by atoms with van der Waals surface area (Å²) in [6.45, 7) is 5.72. The smallest absolute Gasteiger partial charge is 0.418 e. The summed E-state index contributed by atoms with van der Waals surface area (Å²) in [7, 11) is 0. The van der Waals surface area contributed by atoms with Crippen molar-refractivity contribution in [1.29, 1.82) is 0 Å². The molecule has 2 aromatic rings. The highest BCUT2D eigenvalue weighted by molar-refractivity contribution is 5.70. The molecule has 1 atom stereocenters. The van der Waals surface area contributed by atoms with Crippen LogP contribution in [0.5, 0.6) is 5.75 Å². The fourth-order valence-electron chi connectivity index (χ4n) is 5.89. The number of rotatable bonds is 6. The number of hydrogen-bond acceptors (Lipinski definition) is 5. The summed E-state index contributed by atoms with van der Waals surface area (Å²) in [5.41, 5.74) is 0.298. The molecule has 1 fully saturated rings. The van der Waals surface area contributed by atoms with Crippen LogP contribution in [0.15, 0.2) is 36.7 Å². The lowest BCUT2D eigenvalue weighted by molar-refractivity contribution is -0.262. The van der Waals surface area contributed by atoms with E-state index in [-0.39, 0.29) is 0 Å². The summed E-state index contributed by atoms with van der Waals surface area (Å²) < 4.78 is 49.7. The summed E-state index contributed by atoms with van der Waals surface area (Å²) >= 11 is 0. The first-order chi connectivity index (χ1) is 17.1. The van der Waals surface area contributed by atoms with E-state index in [1.54, 1.807) is 43.3 Å². The molecule has 1 aromatic carbocycles. The van der Waals surface area contributed by atoms with Crippen LogP contribution in [0.2, 0.25) is 0 Å². The number of aliphatic hydroxyl groups is 1. The summed E-state index contributed by atoms with van der Waals surface area (Å²) in [4.78, 5) is 7.99. The van der Waals surface area contributed by atoms with E-state index in [1.165, 1.54) is 6.42 Å². The van der Waals surface area contributed by atoms with Gasteiger partial charge in [0, 0.05) is 61.0 Å². The molecule has 0 radical (unpaired) electrons. The van der Waals surface area contributed by atoms with Crippen LogP contribution >= 0.6 is 0 Å². The number of halogens is 3. The lowest BCUT2D eigenvalue weighted by Gasteiger charge is -2.42. The minimum atomic E-state index is -4.81. The van der Waals surface area contributed by atoms with Crippen LogP contribution in [0.25, 0.3) is 6.08 Å². The Bertz CT molecular complexity index is 1140. The first kappa shape index (κ1) is 24.9. The standard InChI is InChI=1S/C28H34F3N3O2/c1-26(2,23-16-22(33-11-4-3-5-12-33)15-20-9-14-36-25(20)23)18-27(35,28(29,30)31)19-34-13-6-7-21-17-32-10-8-24(21)34/h6-8,10,15-17,35H,3-5,9,11-14,18-19H2,1-2H3. The van der Waals surface area contributed by atoms with Gasteiger partial charge in [-0.3, -0.25) is 4.98 Å². The summed E-state index contributed by atoms with van der Waals surface area (Å²) in [5.74, 6) is 0.683. The van der Waals surface area contributed by atoms with E-state index in [2.05, 4.69) is 16.0 Å². The zero-order valence-electron chi connectivity index (χ0n) is 20.9. The number of anilines is 2. The maximum atomic E-state index is 14.6. The molecule has 0 spiro atoms. The van der Waals surface area contributed by atoms with E-state index in [4.69, 9.17) is 4.74 Å². The van der Waals surface area contributed by atoms with Gasteiger partial charge in [0.25, 0.3) is 0 Å². The van der Waals surface area contributed by atoms with Crippen molar-refractivity contribution in [3.05, 3.63) is 53.4 Å². The van der Waals surface area contributed by atoms with E-state index < -0.39 is 30.2 Å². The van der Waals surface area contributed by atoms with Crippen molar-refractivity contribution in [2.45, 2.75) is 63.1 Å². The SMILES string of the molecule is CC(C)(CC(O)(CN1CC=Cc2cnccc21)C(F)(F)F)c1cc(N2CCCCC2)cc2c1OCC2. The van der Waals surface area contributed by atoms with Gasteiger partial charge in [0.05, 0.1) is 13.2 Å². The topological polar surface area (TPSA) is 48.8 Å². The van der Waals surface area contributed by atoms with Crippen LogP contribution in [-0.4, -0.2) is 54.7 Å². The molecule has 0 saturated carbocycles. The minimum absolute atomic E-state index is 0.290. The van der Waals surface area contributed by atoms with Gasteiger partial charge < -0.3 is 19.6 Å². The first-order valence-electron chi connectivity index (χ1n) is 12.8. The molecule has 194 valence electrons. The van der Waals surface area contributed by atoms with Crippen molar-refractivity contribution in [2.75, 3.05) is 42.6 Å². The minimum Gasteiger partial charge on any atom is -0.493 e. The third-order valence-corrected chi connectivity index (χ3v) is 7.72. The maximum absolute atomic E-state index is 14.6. The second-order valence-electron chi connectivity index (χ2n) is 10.9. The van der Waals surface area contributed by atoms with Crippen molar-refractivity contribution in [2.24, 2.45) is 0 Å². The largest absolute Gasteiger partial charge is 0.493 e. The van der Waals surface area contributed by atoms with E-state index in [9.17, 15) is 18.3 Å². The van der Waals surface area contributed by atoms with Crippen molar-refractivity contribution in [3.63, 3.8) is 0 Å². The molecule has 5 rings (SSSR count). The Morgan fingerprint density at radius 3 is 2.64 bits per heavy atom. The third-order valence-electron chi connectivity index (χ3n) is 7.72. The molecular weight excluding hydrogens is 467 g/mol. The normalized spacial score (nSPS) is 19.5. The summed E-state index contributed by atoms with van der Waals surface area (Å²) in [5, 5.41) is 11.3. The van der Waals surface area contributed by atoms with Crippen LogP contribution in [0, 0.1) is 0 Å². The maximum Gasteiger partial charge on any atom is 0.418 e. The number of benzene rings is 1. The average Bonchev–Trinajstić information content (AvgIpc) is 3.32. The molecule has 36 heavy (non-hydrogen) atoms. The predicted molar refractivity (Wildman–Crippen MR) is 136 cm³/mol. The molecule has 4 heterocycles. The molecule has 0 bridgehead atoms. The number of piperidine rings is 1. The van der Waals surface area contributed by atoms with Gasteiger partial charge in [-0.25, -0.2) is 0 Å². The molecule has 0 aliphatic carbocycles. The van der Waals surface area contributed by atoms with Crippen LogP contribution < -0.4 is 14.5 Å². The molecule has 1 saturated heterocycles. The number of hydrogen-bond donors (Lipinski definition) is 1. The fraction of sp³-hybridized carbons (Fsp3) is 0.536. The highest BCUT2D eigenvalue weighted by atomic mass is 19.4. The summed E-state index contributed by atoms with van der Waals surface area (Å²) in [6, 6.07) is 5.83. The zero-order chi connectivity index (χ0) is 25.6. The molecular formula is C28H34F3N3O2. The van der Waals surface area contributed by atoms with Crippen molar-refractivity contribution >= 4 is 17.5 Å². The Labute approximate surface area is 210 Å². The van der Waals surface area contributed by atoms with Gasteiger partial charge >= 0.3 is 6.18 Å². The molecule has 1 N–H and O–H groups in total. The molecule has 0 amide bonds. The van der Waals surface area contributed by atoms with Gasteiger partial charge in [0.2, 0.25) is 0 Å². The fourth-order valence-corrected chi connectivity index (χ4v) is 5.89. The lowest BCUT2D eigenvalue weighted by Crippen LogP contribution is -2.56. The van der Waals surface area contributed by atoms with Crippen molar-refractivity contribution in [1.82, 2.24) is 4.98 Å². The Kier molecular flexibility index (Phi) is 6.43. The Hall–Kier alpha value is -2.74. The highest BCUT2D eigenvalue weighted by Crippen LogP contribution is 2.47. The second-order valence-corrected chi connectivity index (χ2v) is 10.9. The predicted octanol–water partition coefficient (Wildman–Crippen LogP) is 5.50. The van der Waals surface area contributed by atoms with Gasteiger partial charge in [-0.15, -0.1) is 0 Å². The molecule has 3 aliphatic heterocycles. The quantitative estimate of drug-likeness (QED) is 0.566. The van der Waals surface area contributed by atoms with Crippen LogP contribution in [0.1, 0.15) is 56.2 Å². The number of ether oxygens (including phenoxy) is 1. The monoisotopic (exact) mass is 501 g/mol. The highest BCUT2D eigenvalue weighted by Gasteiger charge is 2.57. The number of nitrogens with zero attached hydrogens (tertiary/aromatic N) is 3. The van der Waals surface area contributed by atoms with Gasteiger partial charge in [0.15, 0.2) is 5.60 Å². The molecule has 5 nitrogen and oxygen atoms in total. The number of β-amino-alcohol motifs (C(OH)–C–C–N with tert-alkyl or cyclic N) is 1. The van der Waals surface area contributed by atoms with Crippen molar-refractivity contribution in [3.8, 4) is 5.75 Å². The Morgan fingerprint density at radius 2 is 1.89 bits per heavy atom. The van der Waals surface area contributed by atoms with Crippen LogP contribution in [-0.2, 0) is 11.8 Å².